The Morgan fingerprint density at radius 3 is 2.67 bits per heavy atom. The smallest absolute Gasteiger partial charge is 0.265 e. The van der Waals surface area contributed by atoms with E-state index >= 15 is 0 Å². The number of benzene rings is 1. The molecule has 0 saturated carbocycles. The summed E-state index contributed by atoms with van der Waals surface area (Å²) in [4.78, 5) is 12.9. The van der Waals surface area contributed by atoms with Crippen molar-refractivity contribution in [3.63, 3.8) is 0 Å². The molecule has 0 aliphatic carbocycles. The quantitative estimate of drug-likeness (QED) is 0.799. The van der Waals surface area contributed by atoms with E-state index in [-0.39, 0.29) is 5.91 Å². The maximum Gasteiger partial charge on any atom is 0.265 e. The zero-order valence-electron chi connectivity index (χ0n) is 11.8. The fraction of sp³-hybridized carbons (Fsp3) is 0.125. The van der Waals surface area contributed by atoms with E-state index in [1.807, 2.05) is 66.4 Å². The third-order valence-electron chi connectivity index (χ3n) is 3.14. The van der Waals surface area contributed by atoms with Gasteiger partial charge in [-0.15, -0.1) is 11.3 Å². The SMILES string of the molecule is Cc1cc(C)n(-c2ccccc2NC(=O)c2cccs2)n1. The van der Waals surface area contributed by atoms with E-state index < -0.39 is 0 Å². The van der Waals surface area contributed by atoms with Gasteiger partial charge in [0.2, 0.25) is 0 Å². The molecule has 0 saturated heterocycles. The van der Waals surface area contributed by atoms with Crippen molar-refractivity contribution in [1.82, 2.24) is 9.78 Å². The molecule has 5 heteroatoms. The van der Waals surface area contributed by atoms with Crippen LogP contribution in [0, 0.1) is 13.8 Å². The Kier molecular flexibility index (Phi) is 3.58. The molecule has 0 fully saturated rings. The molecule has 21 heavy (non-hydrogen) atoms. The lowest BCUT2D eigenvalue weighted by Gasteiger charge is -2.11. The van der Waals surface area contributed by atoms with Crippen LogP contribution in [0.4, 0.5) is 5.69 Å². The van der Waals surface area contributed by atoms with Crippen molar-refractivity contribution in [2.45, 2.75) is 13.8 Å². The number of thiophene rings is 1. The van der Waals surface area contributed by atoms with E-state index in [1.54, 1.807) is 0 Å². The minimum Gasteiger partial charge on any atom is -0.319 e. The maximum absolute atomic E-state index is 12.2. The molecule has 0 unspecified atom stereocenters. The molecule has 2 heterocycles. The minimum absolute atomic E-state index is 0.0982. The van der Waals surface area contributed by atoms with E-state index in [9.17, 15) is 4.79 Å². The fourth-order valence-electron chi connectivity index (χ4n) is 2.23. The first-order chi connectivity index (χ1) is 10.1. The second kappa shape index (κ2) is 5.54. The minimum atomic E-state index is -0.0982. The molecule has 1 amide bonds. The van der Waals surface area contributed by atoms with Gasteiger partial charge in [0.05, 0.1) is 21.9 Å². The van der Waals surface area contributed by atoms with Crippen molar-refractivity contribution < 1.29 is 4.79 Å². The number of carbonyl (C=O) groups excluding carboxylic acids is 1. The largest absolute Gasteiger partial charge is 0.319 e. The second-order valence-electron chi connectivity index (χ2n) is 4.79. The van der Waals surface area contributed by atoms with Gasteiger partial charge in [-0.25, -0.2) is 4.68 Å². The summed E-state index contributed by atoms with van der Waals surface area (Å²) < 4.78 is 1.85. The summed E-state index contributed by atoms with van der Waals surface area (Å²) in [5, 5.41) is 9.33. The predicted molar refractivity (Wildman–Crippen MR) is 85.3 cm³/mol. The Morgan fingerprint density at radius 1 is 1.19 bits per heavy atom. The molecular formula is C16H15N3OS. The van der Waals surface area contributed by atoms with E-state index in [0.717, 1.165) is 22.8 Å². The van der Waals surface area contributed by atoms with Crippen molar-refractivity contribution in [1.29, 1.82) is 0 Å². The van der Waals surface area contributed by atoms with E-state index in [4.69, 9.17) is 0 Å². The van der Waals surface area contributed by atoms with Crippen LogP contribution in [-0.2, 0) is 0 Å². The lowest BCUT2D eigenvalue weighted by molar-refractivity contribution is 0.103. The monoisotopic (exact) mass is 297 g/mol. The molecule has 106 valence electrons. The van der Waals surface area contributed by atoms with Crippen LogP contribution in [0.1, 0.15) is 21.1 Å². The summed E-state index contributed by atoms with van der Waals surface area (Å²) in [5.74, 6) is -0.0982. The Hall–Kier alpha value is -2.40. The normalized spacial score (nSPS) is 10.6. The van der Waals surface area contributed by atoms with Crippen LogP contribution >= 0.6 is 11.3 Å². The van der Waals surface area contributed by atoms with Crippen molar-refractivity contribution in [2.24, 2.45) is 0 Å². The van der Waals surface area contributed by atoms with Gasteiger partial charge < -0.3 is 5.32 Å². The average molecular weight is 297 g/mol. The number of rotatable bonds is 3. The van der Waals surface area contributed by atoms with Crippen molar-refractivity contribution in [3.8, 4) is 5.69 Å². The van der Waals surface area contributed by atoms with Crippen LogP contribution < -0.4 is 5.32 Å². The number of hydrogen-bond acceptors (Lipinski definition) is 3. The molecule has 0 spiro atoms. The highest BCUT2D eigenvalue weighted by molar-refractivity contribution is 7.12. The lowest BCUT2D eigenvalue weighted by Crippen LogP contribution is -2.13. The van der Waals surface area contributed by atoms with E-state index in [0.29, 0.717) is 4.88 Å². The fourth-order valence-corrected chi connectivity index (χ4v) is 2.85. The van der Waals surface area contributed by atoms with Gasteiger partial charge in [0.1, 0.15) is 0 Å². The summed E-state index contributed by atoms with van der Waals surface area (Å²) in [5.41, 5.74) is 3.60. The molecule has 1 aromatic carbocycles. The Labute approximate surface area is 127 Å². The van der Waals surface area contributed by atoms with E-state index in [1.165, 1.54) is 11.3 Å². The number of amides is 1. The van der Waals surface area contributed by atoms with Gasteiger partial charge in [0.25, 0.3) is 5.91 Å². The van der Waals surface area contributed by atoms with Gasteiger partial charge in [0, 0.05) is 5.69 Å². The standard InChI is InChI=1S/C16H15N3OS/c1-11-10-12(2)19(18-11)14-7-4-3-6-13(14)17-16(20)15-8-5-9-21-15/h3-10H,1-2H3,(H,17,20). The molecule has 1 N–H and O–H groups in total. The van der Waals surface area contributed by atoms with E-state index in [2.05, 4.69) is 10.4 Å². The van der Waals surface area contributed by atoms with Crippen LogP contribution in [0.5, 0.6) is 0 Å². The maximum atomic E-state index is 12.2. The molecule has 0 aliphatic rings. The molecule has 0 aliphatic heterocycles. The second-order valence-corrected chi connectivity index (χ2v) is 5.74. The molecule has 0 radical (unpaired) electrons. The zero-order chi connectivity index (χ0) is 14.8. The van der Waals surface area contributed by atoms with Crippen molar-refractivity contribution in [2.75, 3.05) is 5.32 Å². The third-order valence-corrected chi connectivity index (χ3v) is 4.00. The Balaban J connectivity index is 1.97. The van der Waals surface area contributed by atoms with Gasteiger partial charge in [-0.2, -0.15) is 5.10 Å². The van der Waals surface area contributed by atoms with Crippen LogP contribution in [0.3, 0.4) is 0 Å². The van der Waals surface area contributed by atoms with Crippen LogP contribution in [-0.4, -0.2) is 15.7 Å². The Bertz CT molecular complexity index is 775. The van der Waals surface area contributed by atoms with Gasteiger partial charge in [-0.05, 0) is 43.5 Å². The summed E-state index contributed by atoms with van der Waals surface area (Å²) in [7, 11) is 0. The number of aromatic nitrogens is 2. The molecular weight excluding hydrogens is 282 g/mol. The number of anilines is 1. The van der Waals surface area contributed by atoms with Crippen LogP contribution in [0.2, 0.25) is 0 Å². The highest BCUT2D eigenvalue weighted by Crippen LogP contribution is 2.22. The third kappa shape index (κ3) is 2.73. The summed E-state index contributed by atoms with van der Waals surface area (Å²) in [6, 6.07) is 13.4. The van der Waals surface area contributed by atoms with Crippen LogP contribution in [0.25, 0.3) is 5.69 Å². The molecule has 3 aromatic rings. The summed E-state index contributed by atoms with van der Waals surface area (Å²) in [6.07, 6.45) is 0. The molecule has 0 atom stereocenters. The Morgan fingerprint density at radius 2 is 2.00 bits per heavy atom. The highest BCUT2D eigenvalue weighted by atomic mass is 32.1. The average Bonchev–Trinajstić information content (AvgIpc) is 3.09. The molecule has 0 bridgehead atoms. The summed E-state index contributed by atoms with van der Waals surface area (Å²) >= 11 is 1.42. The first kappa shape index (κ1) is 13.6. The molecule has 4 nitrogen and oxygen atoms in total. The number of aryl methyl sites for hydroxylation is 2. The molecule has 2 aromatic heterocycles. The highest BCUT2D eigenvalue weighted by Gasteiger charge is 2.12. The molecule has 3 rings (SSSR count). The van der Waals surface area contributed by atoms with Gasteiger partial charge >= 0.3 is 0 Å². The number of nitrogens with zero attached hydrogens (tertiary/aromatic N) is 2. The number of hydrogen-bond donors (Lipinski definition) is 1. The van der Waals surface area contributed by atoms with Crippen molar-refractivity contribution in [3.05, 3.63) is 64.1 Å². The van der Waals surface area contributed by atoms with Crippen molar-refractivity contribution >= 4 is 22.9 Å². The summed E-state index contributed by atoms with van der Waals surface area (Å²) in [6.45, 7) is 3.95. The number of carbonyl (C=O) groups is 1. The van der Waals surface area contributed by atoms with Gasteiger partial charge in [-0.1, -0.05) is 18.2 Å². The van der Waals surface area contributed by atoms with Crippen LogP contribution in [0.15, 0.2) is 47.8 Å². The number of para-hydroxylation sites is 2. The first-order valence-electron chi connectivity index (χ1n) is 6.62. The van der Waals surface area contributed by atoms with Gasteiger partial charge in [0.15, 0.2) is 0 Å². The predicted octanol–water partition coefficient (Wildman–Crippen LogP) is 3.80. The first-order valence-corrected chi connectivity index (χ1v) is 7.50. The zero-order valence-corrected chi connectivity index (χ0v) is 12.6. The van der Waals surface area contributed by atoms with Gasteiger partial charge in [-0.3, -0.25) is 4.79 Å². The number of nitrogens with one attached hydrogen (secondary N) is 1. The lowest BCUT2D eigenvalue weighted by atomic mass is 10.2. The topological polar surface area (TPSA) is 46.9 Å².